The lowest BCUT2D eigenvalue weighted by Crippen LogP contribution is -1.97. The molecule has 0 amide bonds. The van der Waals surface area contributed by atoms with Crippen LogP contribution in [0.25, 0.3) is 0 Å². The second kappa shape index (κ2) is 5.35. The molecule has 74 valence electrons. The zero-order valence-corrected chi connectivity index (χ0v) is 9.05. The van der Waals surface area contributed by atoms with Gasteiger partial charge in [0.2, 0.25) is 0 Å². The Kier molecular flexibility index (Phi) is 4.39. The SMILES string of the molecule is CCC(O)c1ccn(CCSC)c1. The zero-order valence-electron chi connectivity index (χ0n) is 8.23. The maximum atomic E-state index is 9.55. The quantitative estimate of drug-likeness (QED) is 0.787. The lowest BCUT2D eigenvalue weighted by Gasteiger charge is -2.04. The summed E-state index contributed by atoms with van der Waals surface area (Å²) in [6, 6.07) is 1.99. The van der Waals surface area contributed by atoms with E-state index in [2.05, 4.69) is 10.8 Å². The van der Waals surface area contributed by atoms with Crippen LogP contribution >= 0.6 is 11.8 Å². The first-order valence-electron chi connectivity index (χ1n) is 4.60. The van der Waals surface area contributed by atoms with Gasteiger partial charge in [0, 0.05) is 24.7 Å². The molecule has 0 aliphatic heterocycles. The first-order valence-corrected chi connectivity index (χ1v) is 6.00. The molecule has 0 spiro atoms. The molecule has 0 saturated carbocycles. The van der Waals surface area contributed by atoms with Gasteiger partial charge in [0.25, 0.3) is 0 Å². The Hall–Kier alpha value is -0.410. The van der Waals surface area contributed by atoms with Crippen molar-refractivity contribution in [2.75, 3.05) is 12.0 Å². The van der Waals surface area contributed by atoms with Gasteiger partial charge in [-0.25, -0.2) is 0 Å². The Morgan fingerprint density at radius 3 is 3.00 bits per heavy atom. The standard InChI is InChI=1S/C10H17NOS/c1-3-10(12)9-4-5-11(8-9)6-7-13-2/h4-5,8,10,12H,3,6-7H2,1-2H3. The molecule has 1 aromatic rings. The predicted molar refractivity (Wildman–Crippen MR) is 58.1 cm³/mol. The van der Waals surface area contributed by atoms with E-state index in [1.165, 1.54) is 0 Å². The van der Waals surface area contributed by atoms with Gasteiger partial charge in [-0.1, -0.05) is 6.92 Å². The van der Waals surface area contributed by atoms with Crippen molar-refractivity contribution < 1.29 is 5.11 Å². The molecular formula is C10H17NOS. The first kappa shape index (κ1) is 10.7. The van der Waals surface area contributed by atoms with Crippen LogP contribution in [0.1, 0.15) is 25.0 Å². The van der Waals surface area contributed by atoms with Crippen LogP contribution in [0.15, 0.2) is 18.5 Å². The van der Waals surface area contributed by atoms with Crippen molar-refractivity contribution in [1.82, 2.24) is 4.57 Å². The Labute approximate surface area is 84.0 Å². The molecule has 0 saturated heterocycles. The van der Waals surface area contributed by atoms with Gasteiger partial charge in [-0.05, 0) is 24.3 Å². The molecule has 0 fully saturated rings. The highest BCUT2D eigenvalue weighted by Gasteiger charge is 2.05. The van der Waals surface area contributed by atoms with Crippen molar-refractivity contribution in [3.05, 3.63) is 24.0 Å². The summed E-state index contributed by atoms with van der Waals surface area (Å²) < 4.78 is 2.13. The smallest absolute Gasteiger partial charge is 0.0802 e. The fraction of sp³-hybridized carbons (Fsp3) is 0.600. The summed E-state index contributed by atoms with van der Waals surface area (Å²) in [5, 5.41) is 9.55. The molecule has 0 aliphatic rings. The van der Waals surface area contributed by atoms with E-state index in [4.69, 9.17) is 0 Å². The van der Waals surface area contributed by atoms with Crippen LogP contribution in [0.3, 0.4) is 0 Å². The second-order valence-electron chi connectivity index (χ2n) is 3.10. The van der Waals surface area contributed by atoms with E-state index in [9.17, 15) is 5.11 Å². The van der Waals surface area contributed by atoms with Crippen LogP contribution in [0.2, 0.25) is 0 Å². The van der Waals surface area contributed by atoms with Gasteiger partial charge in [-0.2, -0.15) is 11.8 Å². The van der Waals surface area contributed by atoms with Crippen LogP contribution in [0.4, 0.5) is 0 Å². The summed E-state index contributed by atoms with van der Waals surface area (Å²) in [4.78, 5) is 0. The summed E-state index contributed by atoms with van der Waals surface area (Å²) in [5.41, 5.74) is 1.03. The molecule has 1 atom stereocenters. The Bertz CT molecular complexity index is 247. The van der Waals surface area contributed by atoms with E-state index in [1.54, 1.807) is 0 Å². The van der Waals surface area contributed by atoms with E-state index < -0.39 is 0 Å². The number of hydrogen-bond acceptors (Lipinski definition) is 2. The van der Waals surface area contributed by atoms with Crippen molar-refractivity contribution in [3.63, 3.8) is 0 Å². The largest absolute Gasteiger partial charge is 0.388 e. The third kappa shape index (κ3) is 3.08. The molecule has 1 unspecified atom stereocenters. The van der Waals surface area contributed by atoms with Crippen LogP contribution in [0.5, 0.6) is 0 Å². The number of aromatic nitrogens is 1. The second-order valence-corrected chi connectivity index (χ2v) is 4.09. The Balaban J connectivity index is 2.53. The maximum absolute atomic E-state index is 9.55. The molecule has 3 heteroatoms. The number of aryl methyl sites for hydroxylation is 1. The summed E-state index contributed by atoms with van der Waals surface area (Å²) in [6.45, 7) is 3.02. The summed E-state index contributed by atoms with van der Waals surface area (Å²) in [6.07, 6.45) is 6.66. The van der Waals surface area contributed by atoms with Crippen LogP contribution in [-0.2, 0) is 6.54 Å². The number of aliphatic hydroxyl groups excluding tert-OH is 1. The molecule has 2 nitrogen and oxygen atoms in total. The molecule has 1 aromatic heterocycles. The minimum Gasteiger partial charge on any atom is -0.388 e. The van der Waals surface area contributed by atoms with Crippen molar-refractivity contribution in [3.8, 4) is 0 Å². The molecule has 13 heavy (non-hydrogen) atoms. The van der Waals surface area contributed by atoms with Gasteiger partial charge in [-0.3, -0.25) is 0 Å². The normalized spacial score (nSPS) is 13.2. The van der Waals surface area contributed by atoms with Gasteiger partial charge in [0.05, 0.1) is 6.10 Å². The fourth-order valence-corrected chi connectivity index (χ4v) is 1.62. The third-order valence-electron chi connectivity index (χ3n) is 2.10. The van der Waals surface area contributed by atoms with E-state index in [0.29, 0.717) is 0 Å². The van der Waals surface area contributed by atoms with Gasteiger partial charge < -0.3 is 9.67 Å². The highest BCUT2D eigenvalue weighted by atomic mass is 32.2. The first-order chi connectivity index (χ1) is 6.27. The molecule has 1 N–H and O–H groups in total. The van der Waals surface area contributed by atoms with Crippen LogP contribution in [0, 0.1) is 0 Å². The number of rotatable bonds is 5. The Morgan fingerprint density at radius 1 is 1.62 bits per heavy atom. The van der Waals surface area contributed by atoms with Crippen LogP contribution < -0.4 is 0 Å². The average molecular weight is 199 g/mol. The highest BCUT2D eigenvalue weighted by Crippen LogP contribution is 2.16. The molecule has 1 heterocycles. The van der Waals surface area contributed by atoms with Gasteiger partial charge in [-0.15, -0.1) is 0 Å². The third-order valence-corrected chi connectivity index (χ3v) is 2.69. The lowest BCUT2D eigenvalue weighted by atomic mass is 10.1. The van der Waals surface area contributed by atoms with E-state index in [0.717, 1.165) is 24.3 Å². The van der Waals surface area contributed by atoms with Gasteiger partial charge in [0.15, 0.2) is 0 Å². The minimum atomic E-state index is -0.296. The van der Waals surface area contributed by atoms with Crippen molar-refractivity contribution in [2.24, 2.45) is 0 Å². The van der Waals surface area contributed by atoms with E-state index in [1.807, 2.05) is 37.1 Å². The average Bonchev–Trinajstić information content (AvgIpc) is 2.62. The van der Waals surface area contributed by atoms with Crippen molar-refractivity contribution in [2.45, 2.75) is 26.0 Å². The number of thioether (sulfide) groups is 1. The van der Waals surface area contributed by atoms with Crippen molar-refractivity contribution >= 4 is 11.8 Å². The summed E-state index contributed by atoms with van der Waals surface area (Å²) in [7, 11) is 0. The fourth-order valence-electron chi connectivity index (χ4n) is 1.23. The monoisotopic (exact) mass is 199 g/mol. The lowest BCUT2D eigenvalue weighted by molar-refractivity contribution is 0.173. The predicted octanol–water partition coefficient (Wildman–Crippen LogP) is 2.29. The van der Waals surface area contributed by atoms with E-state index in [-0.39, 0.29) is 6.10 Å². The highest BCUT2D eigenvalue weighted by molar-refractivity contribution is 7.98. The van der Waals surface area contributed by atoms with Gasteiger partial charge >= 0.3 is 0 Å². The Morgan fingerprint density at radius 2 is 2.38 bits per heavy atom. The summed E-state index contributed by atoms with van der Waals surface area (Å²) in [5.74, 6) is 1.12. The molecule has 1 rings (SSSR count). The van der Waals surface area contributed by atoms with Crippen LogP contribution in [-0.4, -0.2) is 21.7 Å². The molecule has 0 aromatic carbocycles. The maximum Gasteiger partial charge on any atom is 0.0802 e. The zero-order chi connectivity index (χ0) is 9.68. The molecule has 0 radical (unpaired) electrons. The molecule has 0 aliphatic carbocycles. The number of aliphatic hydroxyl groups is 1. The number of nitrogens with zero attached hydrogens (tertiary/aromatic N) is 1. The molecule has 0 bridgehead atoms. The van der Waals surface area contributed by atoms with Crippen molar-refractivity contribution in [1.29, 1.82) is 0 Å². The van der Waals surface area contributed by atoms with E-state index >= 15 is 0 Å². The van der Waals surface area contributed by atoms with Gasteiger partial charge in [0.1, 0.15) is 0 Å². The number of hydrogen-bond donors (Lipinski definition) is 1. The summed E-state index contributed by atoms with van der Waals surface area (Å²) >= 11 is 1.84. The topological polar surface area (TPSA) is 25.2 Å². The molecular weight excluding hydrogens is 182 g/mol. The minimum absolute atomic E-state index is 0.296.